The second kappa shape index (κ2) is 4.87. The number of methoxy groups -OCH3 is 1. The van der Waals surface area contributed by atoms with E-state index in [1.807, 2.05) is 13.0 Å². The van der Waals surface area contributed by atoms with Gasteiger partial charge in [0.25, 0.3) is 0 Å². The Bertz CT molecular complexity index is 578. The summed E-state index contributed by atoms with van der Waals surface area (Å²) in [7, 11) is 1.58. The number of rotatable bonds is 4. The number of carbonyl (C=O) groups is 1. The fourth-order valence-corrected chi connectivity index (χ4v) is 1.70. The zero-order chi connectivity index (χ0) is 13.1. The minimum atomic E-state index is -1.01. The van der Waals surface area contributed by atoms with Crippen LogP contribution in [-0.2, 0) is 6.54 Å². The van der Waals surface area contributed by atoms with Gasteiger partial charge in [0.2, 0.25) is 0 Å². The molecule has 2 aromatic heterocycles. The van der Waals surface area contributed by atoms with Crippen LogP contribution in [0.15, 0.2) is 24.4 Å². The number of hydrogen-bond acceptors (Lipinski definition) is 4. The van der Waals surface area contributed by atoms with E-state index in [0.717, 1.165) is 5.69 Å². The lowest BCUT2D eigenvalue weighted by Gasteiger charge is -2.07. The Hall–Kier alpha value is -2.37. The largest absolute Gasteiger partial charge is 0.497 e. The molecule has 0 fully saturated rings. The van der Waals surface area contributed by atoms with Crippen LogP contribution in [0.4, 0.5) is 0 Å². The van der Waals surface area contributed by atoms with Gasteiger partial charge in [-0.25, -0.2) is 4.79 Å². The molecule has 0 bridgehead atoms. The van der Waals surface area contributed by atoms with Crippen LogP contribution in [0.25, 0.3) is 0 Å². The van der Waals surface area contributed by atoms with Crippen molar-refractivity contribution in [2.75, 3.05) is 7.11 Å². The molecular formula is C12H13N3O3. The second-order valence-corrected chi connectivity index (χ2v) is 3.82. The fourth-order valence-electron chi connectivity index (χ4n) is 1.70. The summed E-state index contributed by atoms with van der Waals surface area (Å²) in [6.45, 7) is 2.15. The minimum absolute atomic E-state index is 0.136. The molecule has 0 aliphatic heterocycles. The first kappa shape index (κ1) is 12.1. The van der Waals surface area contributed by atoms with Crippen LogP contribution >= 0.6 is 0 Å². The topological polar surface area (TPSA) is 77.2 Å². The third kappa shape index (κ3) is 2.48. The van der Waals surface area contributed by atoms with Crippen LogP contribution in [0.3, 0.4) is 0 Å². The monoisotopic (exact) mass is 247 g/mol. The normalized spacial score (nSPS) is 10.3. The molecule has 2 heterocycles. The van der Waals surface area contributed by atoms with Crippen LogP contribution < -0.4 is 4.74 Å². The van der Waals surface area contributed by atoms with Crippen molar-refractivity contribution in [3.8, 4) is 5.75 Å². The number of carboxylic acids is 1. The predicted molar refractivity (Wildman–Crippen MR) is 63.8 cm³/mol. The number of ether oxygens (including phenoxy) is 1. The second-order valence-electron chi connectivity index (χ2n) is 3.82. The van der Waals surface area contributed by atoms with Crippen molar-refractivity contribution in [2.24, 2.45) is 0 Å². The molecule has 0 aliphatic rings. The summed E-state index contributed by atoms with van der Waals surface area (Å²) >= 11 is 0. The van der Waals surface area contributed by atoms with Crippen molar-refractivity contribution >= 4 is 5.97 Å². The van der Waals surface area contributed by atoms with Crippen LogP contribution in [0.2, 0.25) is 0 Å². The summed E-state index contributed by atoms with van der Waals surface area (Å²) in [4.78, 5) is 15.3. The molecule has 1 N–H and O–H groups in total. The third-order valence-electron chi connectivity index (χ3n) is 2.46. The molecule has 0 amide bonds. The lowest BCUT2D eigenvalue weighted by atomic mass is 10.3. The lowest BCUT2D eigenvalue weighted by molar-refractivity contribution is 0.0684. The smallest absolute Gasteiger partial charge is 0.354 e. The molecule has 0 radical (unpaired) electrons. The zero-order valence-corrected chi connectivity index (χ0v) is 10.1. The molecule has 0 aromatic carbocycles. The summed E-state index contributed by atoms with van der Waals surface area (Å²) in [5.41, 5.74) is 1.66. The first-order valence-electron chi connectivity index (χ1n) is 5.37. The first-order chi connectivity index (χ1) is 8.60. The van der Waals surface area contributed by atoms with E-state index in [1.54, 1.807) is 13.2 Å². The van der Waals surface area contributed by atoms with E-state index in [9.17, 15) is 4.79 Å². The molecule has 2 rings (SSSR count). The lowest BCUT2D eigenvalue weighted by Crippen LogP contribution is -2.12. The minimum Gasteiger partial charge on any atom is -0.497 e. The summed E-state index contributed by atoms with van der Waals surface area (Å²) in [6, 6.07) is 5.03. The molecule has 0 aliphatic carbocycles. The molecule has 6 nitrogen and oxygen atoms in total. The van der Waals surface area contributed by atoms with Crippen LogP contribution in [-0.4, -0.2) is 33.0 Å². The van der Waals surface area contributed by atoms with Crippen molar-refractivity contribution in [3.63, 3.8) is 0 Å². The van der Waals surface area contributed by atoms with E-state index >= 15 is 0 Å². The number of aromatic nitrogens is 3. The molecule has 0 atom stereocenters. The highest BCUT2D eigenvalue weighted by atomic mass is 16.5. The number of aryl methyl sites for hydroxylation is 1. The van der Waals surface area contributed by atoms with Gasteiger partial charge >= 0.3 is 5.97 Å². The average molecular weight is 247 g/mol. The number of aromatic carboxylic acids is 1. The number of pyridine rings is 1. The number of carboxylic acid groups (broad SMARTS) is 1. The zero-order valence-electron chi connectivity index (χ0n) is 10.1. The van der Waals surface area contributed by atoms with Crippen molar-refractivity contribution in [2.45, 2.75) is 13.5 Å². The highest BCUT2D eigenvalue weighted by molar-refractivity contribution is 5.85. The van der Waals surface area contributed by atoms with Gasteiger partial charge in [-0.15, -0.1) is 0 Å². The molecule has 6 heteroatoms. The highest BCUT2D eigenvalue weighted by Gasteiger charge is 2.11. The SMILES string of the molecule is COc1cc(C)nc(Cn2nccc2C(=O)O)c1. The molecule has 18 heavy (non-hydrogen) atoms. The van der Waals surface area contributed by atoms with E-state index in [2.05, 4.69) is 10.1 Å². The van der Waals surface area contributed by atoms with Gasteiger partial charge in [0.1, 0.15) is 11.4 Å². The number of nitrogens with zero attached hydrogens (tertiary/aromatic N) is 3. The quantitative estimate of drug-likeness (QED) is 0.882. The van der Waals surface area contributed by atoms with Crippen molar-refractivity contribution in [1.29, 1.82) is 0 Å². The van der Waals surface area contributed by atoms with Crippen LogP contribution in [0.5, 0.6) is 5.75 Å². The Morgan fingerprint density at radius 2 is 2.28 bits per heavy atom. The Morgan fingerprint density at radius 1 is 1.50 bits per heavy atom. The summed E-state index contributed by atoms with van der Waals surface area (Å²) in [5, 5.41) is 13.0. The molecule has 0 unspecified atom stereocenters. The maximum absolute atomic E-state index is 11.0. The van der Waals surface area contributed by atoms with Crippen molar-refractivity contribution < 1.29 is 14.6 Å². The van der Waals surface area contributed by atoms with E-state index in [4.69, 9.17) is 9.84 Å². The maximum Gasteiger partial charge on any atom is 0.354 e. The van der Waals surface area contributed by atoms with Gasteiger partial charge in [-0.1, -0.05) is 0 Å². The first-order valence-corrected chi connectivity index (χ1v) is 5.37. The fraction of sp³-hybridized carbons (Fsp3) is 0.250. The van der Waals surface area contributed by atoms with Gasteiger partial charge < -0.3 is 9.84 Å². The predicted octanol–water partition coefficient (Wildman–Crippen LogP) is 1.34. The van der Waals surface area contributed by atoms with Gasteiger partial charge in [0.15, 0.2) is 0 Å². The molecular weight excluding hydrogens is 234 g/mol. The molecule has 0 saturated carbocycles. The van der Waals surface area contributed by atoms with Gasteiger partial charge in [0, 0.05) is 24.0 Å². The van der Waals surface area contributed by atoms with E-state index in [0.29, 0.717) is 18.0 Å². The Kier molecular flexibility index (Phi) is 3.27. The molecule has 0 spiro atoms. The Balaban J connectivity index is 2.31. The van der Waals surface area contributed by atoms with Crippen molar-refractivity contribution in [1.82, 2.24) is 14.8 Å². The standard InChI is InChI=1S/C12H13N3O3/c1-8-5-10(18-2)6-9(14-8)7-15-11(12(16)17)3-4-13-15/h3-6H,7H2,1-2H3,(H,16,17). The molecule has 2 aromatic rings. The van der Waals surface area contributed by atoms with E-state index < -0.39 is 5.97 Å². The molecule has 0 saturated heterocycles. The van der Waals surface area contributed by atoms with Gasteiger partial charge in [-0.3, -0.25) is 9.67 Å². The maximum atomic E-state index is 11.0. The van der Waals surface area contributed by atoms with Gasteiger partial charge in [0.05, 0.1) is 19.3 Å². The van der Waals surface area contributed by atoms with Crippen LogP contribution in [0, 0.1) is 6.92 Å². The summed E-state index contributed by atoms with van der Waals surface area (Å²) in [5.74, 6) is -0.311. The number of hydrogen-bond donors (Lipinski definition) is 1. The van der Waals surface area contributed by atoms with Crippen molar-refractivity contribution in [3.05, 3.63) is 41.5 Å². The third-order valence-corrected chi connectivity index (χ3v) is 2.46. The van der Waals surface area contributed by atoms with E-state index in [1.165, 1.54) is 16.9 Å². The highest BCUT2D eigenvalue weighted by Crippen LogP contribution is 2.14. The Morgan fingerprint density at radius 3 is 2.94 bits per heavy atom. The Labute approximate surface area is 104 Å². The van der Waals surface area contributed by atoms with Gasteiger partial charge in [-0.2, -0.15) is 5.10 Å². The summed E-state index contributed by atoms with van der Waals surface area (Å²) in [6.07, 6.45) is 1.45. The average Bonchev–Trinajstić information content (AvgIpc) is 2.76. The summed E-state index contributed by atoms with van der Waals surface area (Å²) < 4.78 is 6.54. The van der Waals surface area contributed by atoms with Crippen LogP contribution in [0.1, 0.15) is 21.9 Å². The van der Waals surface area contributed by atoms with E-state index in [-0.39, 0.29) is 5.69 Å². The van der Waals surface area contributed by atoms with Gasteiger partial charge in [-0.05, 0) is 13.0 Å². The molecule has 94 valence electrons.